The fraction of sp³-hybridized carbons (Fsp3) is 0.250. The Morgan fingerprint density at radius 2 is 2.25 bits per heavy atom. The molecule has 16 heavy (non-hydrogen) atoms. The Morgan fingerprint density at radius 3 is 2.94 bits per heavy atom. The molecule has 1 aromatic heterocycles. The standard InChI is InChI=1S/C12H12O3S/c1-3-14-9-4-5-10-11(15-8(2)13)7-16-12(10)6-9/h4-7H,3H2,1-2H3. The van der Waals surface area contributed by atoms with Gasteiger partial charge in [-0.2, -0.15) is 0 Å². The number of rotatable bonds is 3. The molecule has 0 aliphatic carbocycles. The van der Waals surface area contributed by atoms with Gasteiger partial charge in [-0.1, -0.05) is 0 Å². The van der Waals surface area contributed by atoms with Gasteiger partial charge in [0.15, 0.2) is 0 Å². The summed E-state index contributed by atoms with van der Waals surface area (Å²) in [6, 6.07) is 5.75. The van der Waals surface area contributed by atoms with Crippen molar-refractivity contribution in [2.45, 2.75) is 13.8 Å². The molecule has 1 heterocycles. The fourth-order valence-electron chi connectivity index (χ4n) is 1.47. The molecule has 0 spiro atoms. The van der Waals surface area contributed by atoms with E-state index in [1.807, 2.05) is 30.5 Å². The number of benzene rings is 1. The van der Waals surface area contributed by atoms with Gasteiger partial charge in [0.25, 0.3) is 0 Å². The van der Waals surface area contributed by atoms with Crippen molar-refractivity contribution in [2.75, 3.05) is 6.61 Å². The second-order valence-corrected chi connectivity index (χ2v) is 4.20. The summed E-state index contributed by atoms with van der Waals surface area (Å²) in [5.74, 6) is 1.16. The van der Waals surface area contributed by atoms with Crippen LogP contribution in [0.4, 0.5) is 0 Å². The van der Waals surface area contributed by atoms with Gasteiger partial charge in [-0.3, -0.25) is 4.79 Å². The van der Waals surface area contributed by atoms with E-state index >= 15 is 0 Å². The molecular formula is C12H12O3S. The second kappa shape index (κ2) is 4.53. The van der Waals surface area contributed by atoms with E-state index in [-0.39, 0.29) is 5.97 Å². The van der Waals surface area contributed by atoms with Crippen LogP contribution in [0.15, 0.2) is 23.6 Å². The molecule has 0 unspecified atom stereocenters. The van der Waals surface area contributed by atoms with Gasteiger partial charge in [0, 0.05) is 22.4 Å². The number of esters is 1. The van der Waals surface area contributed by atoms with E-state index in [4.69, 9.17) is 9.47 Å². The summed E-state index contributed by atoms with van der Waals surface area (Å²) in [5.41, 5.74) is 0. The maximum Gasteiger partial charge on any atom is 0.308 e. The molecule has 0 saturated heterocycles. The smallest absolute Gasteiger partial charge is 0.308 e. The highest BCUT2D eigenvalue weighted by atomic mass is 32.1. The van der Waals surface area contributed by atoms with Crippen LogP contribution in [-0.4, -0.2) is 12.6 Å². The highest BCUT2D eigenvalue weighted by molar-refractivity contribution is 7.17. The predicted octanol–water partition coefficient (Wildman–Crippen LogP) is 3.23. The van der Waals surface area contributed by atoms with Crippen molar-refractivity contribution in [1.82, 2.24) is 0 Å². The summed E-state index contributed by atoms with van der Waals surface area (Å²) in [4.78, 5) is 10.9. The van der Waals surface area contributed by atoms with E-state index in [0.717, 1.165) is 15.8 Å². The monoisotopic (exact) mass is 236 g/mol. The van der Waals surface area contributed by atoms with E-state index in [1.54, 1.807) is 0 Å². The molecule has 2 rings (SSSR count). The Bertz CT molecular complexity index is 516. The summed E-state index contributed by atoms with van der Waals surface area (Å²) in [5, 5.41) is 2.78. The van der Waals surface area contributed by atoms with Crippen LogP contribution < -0.4 is 9.47 Å². The maximum atomic E-state index is 10.9. The first-order valence-corrected chi connectivity index (χ1v) is 5.91. The van der Waals surface area contributed by atoms with Crippen LogP contribution in [0.2, 0.25) is 0 Å². The van der Waals surface area contributed by atoms with Gasteiger partial charge < -0.3 is 9.47 Å². The Hall–Kier alpha value is -1.55. The first-order valence-electron chi connectivity index (χ1n) is 5.03. The van der Waals surface area contributed by atoms with Gasteiger partial charge in [-0.05, 0) is 25.1 Å². The van der Waals surface area contributed by atoms with E-state index < -0.39 is 0 Å². The molecular weight excluding hydrogens is 224 g/mol. The quantitative estimate of drug-likeness (QED) is 0.767. The maximum absolute atomic E-state index is 10.9. The van der Waals surface area contributed by atoms with Crippen LogP contribution in [0, 0.1) is 0 Å². The highest BCUT2D eigenvalue weighted by Crippen LogP contribution is 2.34. The van der Waals surface area contributed by atoms with Crippen LogP contribution in [0.25, 0.3) is 10.1 Å². The second-order valence-electron chi connectivity index (χ2n) is 3.28. The zero-order valence-corrected chi connectivity index (χ0v) is 9.97. The van der Waals surface area contributed by atoms with Gasteiger partial charge in [-0.15, -0.1) is 11.3 Å². The Morgan fingerprint density at radius 1 is 1.44 bits per heavy atom. The molecule has 1 aromatic carbocycles. The summed E-state index contributed by atoms with van der Waals surface area (Å²) in [7, 11) is 0. The van der Waals surface area contributed by atoms with Gasteiger partial charge >= 0.3 is 5.97 Å². The van der Waals surface area contributed by atoms with Gasteiger partial charge in [0.05, 0.1) is 6.61 Å². The molecule has 0 N–H and O–H groups in total. The molecule has 0 bridgehead atoms. The molecule has 0 saturated carbocycles. The van der Waals surface area contributed by atoms with Crippen LogP contribution in [0.5, 0.6) is 11.5 Å². The number of ether oxygens (including phenoxy) is 2. The first kappa shape index (κ1) is 11.0. The molecule has 0 radical (unpaired) electrons. The van der Waals surface area contributed by atoms with Crippen molar-refractivity contribution in [3.8, 4) is 11.5 Å². The summed E-state index contributed by atoms with van der Waals surface area (Å²) in [6.07, 6.45) is 0. The summed E-state index contributed by atoms with van der Waals surface area (Å²) < 4.78 is 11.6. The van der Waals surface area contributed by atoms with E-state index in [1.165, 1.54) is 18.3 Å². The minimum Gasteiger partial charge on any atom is -0.494 e. The number of thiophene rings is 1. The zero-order valence-electron chi connectivity index (χ0n) is 9.15. The normalized spacial score (nSPS) is 10.4. The van der Waals surface area contributed by atoms with Crippen LogP contribution in [-0.2, 0) is 4.79 Å². The van der Waals surface area contributed by atoms with Crippen molar-refractivity contribution in [2.24, 2.45) is 0 Å². The van der Waals surface area contributed by atoms with Crippen LogP contribution in [0.1, 0.15) is 13.8 Å². The SMILES string of the molecule is CCOc1ccc2c(OC(C)=O)csc2c1. The number of carbonyl (C=O) groups is 1. The topological polar surface area (TPSA) is 35.5 Å². The molecule has 4 heteroatoms. The largest absolute Gasteiger partial charge is 0.494 e. The third kappa shape index (κ3) is 2.17. The van der Waals surface area contributed by atoms with E-state index in [2.05, 4.69) is 0 Å². The molecule has 3 nitrogen and oxygen atoms in total. The average Bonchev–Trinajstić information content (AvgIpc) is 2.61. The average molecular weight is 236 g/mol. The highest BCUT2D eigenvalue weighted by Gasteiger charge is 2.08. The molecule has 0 fully saturated rings. The Balaban J connectivity index is 2.38. The third-order valence-electron chi connectivity index (χ3n) is 2.08. The molecule has 0 amide bonds. The minimum atomic E-state index is -0.298. The number of fused-ring (bicyclic) bond motifs is 1. The third-order valence-corrected chi connectivity index (χ3v) is 3.00. The molecule has 0 aliphatic heterocycles. The summed E-state index contributed by atoms with van der Waals surface area (Å²) in [6.45, 7) is 3.99. The minimum absolute atomic E-state index is 0.298. The lowest BCUT2D eigenvalue weighted by molar-refractivity contribution is -0.131. The van der Waals surface area contributed by atoms with Crippen molar-refractivity contribution in [1.29, 1.82) is 0 Å². The van der Waals surface area contributed by atoms with Crippen LogP contribution in [0.3, 0.4) is 0 Å². The van der Waals surface area contributed by atoms with Crippen molar-refractivity contribution >= 4 is 27.4 Å². The van der Waals surface area contributed by atoms with Gasteiger partial charge in [0.2, 0.25) is 0 Å². The predicted molar refractivity (Wildman–Crippen MR) is 64.3 cm³/mol. The van der Waals surface area contributed by atoms with Crippen molar-refractivity contribution in [3.63, 3.8) is 0 Å². The van der Waals surface area contributed by atoms with Gasteiger partial charge in [-0.25, -0.2) is 0 Å². The molecule has 84 valence electrons. The zero-order chi connectivity index (χ0) is 11.5. The Kier molecular flexibility index (Phi) is 3.10. The number of carbonyl (C=O) groups excluding carboxylic acids is 1. The fourth-order valence-corrected chi connectivity index (χ4v) is 2.36. The van der Waals surface area contributed by atoms with E-state index in [9.17, 15) is 4.79 Å². The molecule has 0 atom stereocenters. The lowest BCUT2D eigenvalue weighted by Crippen LogP contribution is -2.00. The number of hydrogen-bond acceptors (Lipinski definition) is 4. The summed E-state index contributed by atoms with van der Waals surface area (Å²) >= 11 is 1.54. The number of hydrogen-bond donors (Lipinski definition) is 0. The first-order chi connectivity index (χ1) is 7.70. The van der Waals surface area contributed by atoms with Crippen LogP contribution >= 0.6 is 11.3 Å². The van der Waals surface area contributed by atoms with Gasteiger partial charge in [0.1, 0.15) is 11.5 Å². The lowest BCUT2D eigenvalue weighted by Gasteiger charge is -2.03. The van der Waals surface area contributed by atoms with Crippen molar-refractivity contribution in [3.05, 3.63) is 23.6 Å². The molecule has 2 aromatic rings. The van der Waals surface area contributed by atoms with E-state index in [0.29, 0.717) is 12.4 Å². The molecule has 0 aliphatic rings. The Labute approximate surface area is 97.6 Å². The van der Waals surface area contributed by atoms with Crippen molar-refractivity contribution < 1.29 is 14.3 Å². The lowest BCUT2D eigenvalue weighted by atomic mass is 10.2.